The first-order chi connectivity index (χ1) is 31.0. The Morgan fingerprint density at radius 1 is 0.600 bits per heavy atom. The molecule has 0 bridgehead atoms. The van der Waals surface area contributed by atoms with Gasteiger partial charge >= 0.3 is 0 Å². The van der Waals surface area contributed by atoms with Crippen molar-refractivity contribution in [2.75, 3.05) is 14.1 Å². The molecule has 0 spiro atoms. The highest BCUT2D eigenvalue weighted by Crippen LogP contribution is 2.52. The largest absolute Gasteiger partial charge is 0.314 e. The van der Waals surface area contributed by atoms with Crippen LogP contribution in [0.15, 0.2) is 60.7 Å². The van der Waals surface area contributed by atoms with Crippen molar-refractivity contribution < 1.29 is 9.59 Å². The van der Waals surface area contributed by atoms with Gasteiger partial charge in [0, 0.05) is 86.0 Å². The summed E-state index contributed by atoms with van der Waals surface area (Å²) >= 11 is 7.67. The van der Waals surface area contributed by atoms with Crippen molar-refractivity contribution in [3.05, 3.63) is 103 Å². The Kier molecular flexibility index (Phi) is 12.4. The average Bonchev–Trinajstić information content (AvgIpc) is 4.14. The van der Waals surface area contributed by atoms with E-state index < -0.39 is 0 Å². The molecule has 0 radical (unpaired) electrons. The topological polar surface area (TPSA) is 40.6 Å². The van der Waals surface area contributed by atoms with Crippen molar-refractivity contribution >= 4 is 99.5 Å². The number of hydrogen-bond donors (Lipinski definition) is 0. The summed E-state index contributed by atoms with van der Waals surface area (Å²) in [7, 11) is 3.85. The van der Waals surface area contributed by atoms with Gasteiger partial charge in [-0.25, -0.2) is 0 Å². The molecular formula is C57H66N2O2S4. The summed E-state index contributed by atoms with van der Waals surface area (Å²) < 4.78 is 2.79. The molecule has 0 saturated heterocycles. The number of carbonyl (C=O) groups excluding carboxylic acids is 2. The lowest BCUT2D eigenvalue weighted by atomic mass is 9.74. The lowest BCUT2D eigenvalue weighted by Crippen LogP contribution is -2.29. The zero-order valence-electron chi connectivity index (χ0n) is 40.6. The summed E-state index contributed by atoms with van der Waals surface area (Å²) in [6, 6.07) is 22.3. The number of aryl methyl sites for hydroxylation is 2. The number of hydrogen-bond acceptors (Lipinski definition) is 6. The van der Waals surface area contributed by atoms with Crippen LogP contribution in [0.4, 0.5) is 0 Å². The lowest BCUT2D eigenvalue weighted by molar-refractivity contribution is 0.0852. The Morgan fingerprint density at radius 3 is 1.77 bits per heavy atom. The average molecular weight is 939 g/mol. The molecule has 6 heterocycles. The van der Waals surface area contributed by atoms with Crippen LogP contribution >= 0.6 is 45.3 Å². The van der Waals surface area contributed by atoms with Gasteiger partial charge in [0.2, 0.25) is 0 Å². The molecule has 2 aliphatic rings. The summed E-state index contributed by atoms with van der Waals surface area (Å²) in [6.45, 7) is 23.4. The smallest absolute Gasteiger partial charge is 0.258 e. The van der Waals surface area contributed by atoms with Crippen LogP contribution in [0.1, 0.15) is 155 Å². The first-order valence-electron chi connectivity index (χ1n) is 24.1. The summed E-state index contributed by atoms with van der Waals surface area (Å²) in [4.78, 5) is 39.6. The number of fused-ring (bicyclic) bond motifs is 5. The van der Waals surface area contributed by atoms with Crippen molar-refractivity contribution in [2.24, 2.45) is 17.3 Å². The molecule has 4 nitrogen and oxygen atoms in total. The minimum absolute atomic E-state index is 0.0285. The quantitative estimate of drug-likeness (QED) is 0.0715. The van der Waals surface area contributed by atoms with Crippen LogP contribution in [0.25, 0.3) is 61.8 Å². The molecule has 0 saturated carbocycles. The van der Waals surface area contributed by atoms with Crippen molar-refractivity contribution in [3.63, 3.8) is 0 Å². The zero-order valence-corrected chi connectivity index (χ0v) is 43.9. The highest BCUT2D eigenvalue weighted by atomic mass is 32.1. The minimum atomic E-state index is -0.141. The molecule has 0 fully saturated rings. The minimum Gasteiger partial charge on any atom is -0.314 e. The van der Waals surface area contributed by atoms with E-state index >= 15 is 0 Å². The van der Waals surface area contributed by atoms with E-state index in [1.165, 1.54) is 89.9 Å². The number of carbonyl (C=O) groups is 2. The van der Waals surface area contributed by atoms with E-state index in [-0.39, 0.29) is 22.6 Å². The third-order valence-corrected chi connectivity index (χ3v) is 21.2. The summed E-state index contributed by atoms with van der Waals surface area (Å²) in [5.74, 6) is 1.40. The van der Waals surface area contributed by atoms with E-state index in [9.17, 15) is 9.59 Å². The second kappa shape index (κ2) is 17.5. The first-order valence-corrected chi connectivity index (χ1v) is 27.3. The maximum atomic E-state index is 14.0. The number of unbranched alkanes of at least 4 members (excludes halogenated alkanes) is 3. The second-order valence-electron chi connectivity index (χ2n) is 20.5. The molecule has 2 amide bonds. The van der Waals surface area contributed by atoms with Gasteiger partial charge in [0.25, 0.3) is 11.8 Å². The molecule has 2 unspecified atom stereocenters. The van der Waals surface area contributed by atoms with Gasteiger partial charge in [-0.15, -0.1) is 45.3 Å². The van der Waals surface area contributed by atoms with E-state index in [1.54, 1.807) is 11.3 Å². The van der Waals surface area contributed by atoms with Crippen LogP contribution in [0.2, 0.25) is 0 Å². The Morgan fingerprint density at radius 2 is 1.15 bits per heavy atom. The molecule has 340 valence electrons. The second-order valence-corrected chi connectivity index (χ2v) is 24.7. The van der Waals surface area contributed by atoms with Crippen LogP contribution in [0, 0.1) is 31.1 Å². The van der Waals surface area contributed by atoms with Crippen LogP contribution in [-0.2, 0) is 5.41 Å². The predicted molar refractivity (Wildman–Crippen MR) is 285 cm³/mol. The highest BCUT2D eigenvalue weighted by Gasteiger charge is 2.37. The summed E-state index contributed by atoms with van der Waals surface area (Å²) in [6.07, 6.45) is 11.0. The van der Waals surface area contributed by atoms with E-state index in [0.717, 1.165) is 72.2 Å². The Balaban J connectivity index is 1.04. The SMILES string of the molecule is CCCCCCC(C)(c1ccc(-c2sc3c(C)c(-c4ccc(C5=c6cc7cc8cc9c(cc8cc7cc6C(=O)N5C)=C(C(C)(C)CCCC(C)CC)N(C)C9=O)s4)sc3c2C)s1)C(C)C. The van der Waals surface area contributed by atoms with Crippen LogP contribution in [0.5, 0.6) is 0 Å². The van der Waals surface area contributed by atoms with Gasteiger partial charge < -0.3 is 9.80 Å². The van der Waals surface area contributed by atoms with Crippen LogP contribution < -0.4 is 10.4 Å². The van der Waals surface area contributed by atoms with Gasteiger partial charge in [0.1, 0.15) is 0 Å². The van der Waals surface area contributed by atoms with Gasteiger partial charge in [-0.3, -0.25) is 9.59 Å². The van der Waals surface area contributed by atoms with E-state index in [2.05, 4.69) is 130 Å². The van der Waals surface area contributed by atoms with Gasteiger partial charge in [0.15, 0.2) is 0 Å². The maximum Gasteiger partial charge on any atom is 0.258 e. The van der Waals surface area contributed by atoms with Gasteiger partial charge in [-0.05, 0) is 132 Å². The third-order valence-electron chi connectivity index (χ3n) is 15.4. The fourth-order valence-corrected chi connectivity index (χ4v) is 16.3. The van der Waals surface area contributed by atoms with Gasteiger partial charge in [-0.2, -0.15) is 0 Å². The fraction of sp³-hybridized carbons (Fsp3) is 0.439. The molecule has 7 aromatic rings. The van der Waals surface area contributed by atoms with Crippen molar-refractivity contribution in [1.29, 1.82) is 0 Å². The zero-order chi connectivity index (χ0) is 46.3. The van der Waals surface area contributed by atoms with Crippen LogP contribution in [0.3, 0.4) is 0 Å². The predicted octanol–water partition coefficient (Wildman–Crippen LogP) is 15.9. The molecule has 8 heteroatoms. The summed E-state index contributed by atoms with van der Waals surface area (Å²) in [5, 5.41) is 6.26. The molecular weight excluding hydrogens is 873 g/mol. The molecule has 2 atom stereocenters. The molecule has 4 aromatic heterocycles. The molecule has 65 heavy (non-hydrogen) atoms. The first kappa shape index (κ1) is 46.0. The van der Waals surface area contributed by atoms with E-state index in [4.69, 9.17) is 0 Å². The number of thiophene rings is 4. The monoisotopic (exact) mass is 938 g/mol. The van der Waals surface area contributed by atoms with E-state index in [0.29, 0.717) is 11.8 Å². The summed E-state index contributed by atoms with van der Waals surface area (Å²) in [5.41, 5.74) is 6.41. The maximum absolute atomic E-state index is 14.0. The van der Waals surface area contributed by atoms with E-state index in [1.807, 2.05) is 57.9 Å². The van der Waals surface area contributed by atoms with Gasteiger partial charge in [0.05, 0.1) is 10.6 Å². The molecule has 9 rings (SSSR count). The third kappa shape index (κ3) is 7.86. The van der Waals surface area contributed by atoms with Gasteiger partial charge in [-0.1, -0.05) is 100 Å². The Bertz CT molecular complexity index is 3150. The Hall–Kier alpha value is -4.08. The van der Waals surface area contributed by atoms with Crippen molar-refractivity contribution in [1.82, 2.24) is 9.80 Å². The number of nitrogens with zero attached hydrogens (tertiary/aromatic N) is 2. The molecule has 3 aromatic carbocycles. The highest BCUT2D eigenvalue weighted by molar-refractivity contribution is 7.34. The molecule has 0 N–H and O–H groups in total. The molecule has 2 aliphatic heterocycles. The fourth-order valence-electron chi connectivity index (χ4n) is 10.7. The Labute approximate surface area is 402 Å². The lowest BCUT2D eigenvalue weighted by Gasteiger charge is -2.33. The van der Waals surface area contributed by atoms with Crippen molar-refractivity contribution in [2.45, 2.75) is 132 Å². The van der Waals surface area contributed by atoms with Crippen molar-refractivity contribution in [3.8, 4) is 19.5 Å². The number of amides is 2. The normalized spacial score (nSPS) is 15.8. The van der Waals surface area contributed by atoms with Crippen LogP contribution in [-0.4, -0.2) is 35.7 Å². The number of rotatable bonds is 16. The standard InChI is InChI=1S/C57H66N2O2S4/c1-13-15-16-17-25-57(10,32(3)4)47-23-22-46(63-47)50-35(7)52-51(65-50)34(6)49(64-52)45-21-20-44(62-45)48-40-28-36-26-39-31-43-41(29-37(39)27-38(36)30-42(40)54(60)58(48)11)53(59(12)55(43)61)56(8,9)24-18-19-33(5)14-2/h20-23,26-33H,13-19,24-25H2,1-12H3. The number of benzene rings is 3. The molecule has 0 aliphatic carbocycles.